The Bertz CT molecular complexity index is 1620. The lowest BCUT2D eigenvalue weighted by molar-refractivity contribution is 0.0696. The Kier molecular flexibility index (Phi) is 6.46. The van der Waals surface area contributed by atoms with E-state index < -0.39 is 44.8 Å². The van der Waals surface area contributed by atoms with Gasteiger partial charge in [0.25, 0.3) is 15.9 Å². The molecule has 9 nitrogen and oxygen atoms in total. The number of nitrogens with two attached hydrogens (primary N) is 1. The van der Waals surface area contributed by atoms with Gasteiger partial charge in [-0.2, -0.15) is 0 Å². The highest BCUT2D eigenvalue weighted by Crippen LogP contribution is 2.33. The average molecular weight is 515 g/mol. The minimum Gasteiger partial charge on any atom is -0.478 e. The molecule has 0 bridgehead atoms. The van der Waals surface area contributed by atoms with E-state index in [4.69, 9.17) is 5.73 Å². The number of sulfonamides is 1. The van der Waals surface area contributed by atoms with Crippen LogP contribution < -0.4 is 10.5 Å². The van der Waals surface area contributed by atoms with Crippen LogP contribution in [0.3, 0.4) is 0 Å². The number of carbonyl (C=O) groups excluding carboxylic acids is 1. The minimum absolute atomic E-state index is 0.0926. The molecular formula is C24H20F2N4O5S. The van der Waals surface area contributed by atoms with E-state index in [2.05, 4.69) is 9.71 Å². The number of halogens is 2. The number of carboxylic acid groups (broad SMARTS) is 1. The second-order valence-corrected chi connectivity index (χ2v) is 9.62. The smallest absolute Gasteiger partial charge is 0.337 e. The van der Waals surface area contributed by atoms with Crippen LogP contribution in [-0.2, 0) is 16.4 Å². The number of benzene rings is 2. The Morgan fingerprint density at radius 3 is 2.44 bits per heavy atom. The summed E-state index contributed by atoms with van der Waals surface area (Å²) in [5, 5.41) is 9.50. The van der Waals surface area contributed by atoms with Crippen molar-refractivity contribution in [3.8, 4) is 5.69 Å². The summed E-state index contributed by atoms with van der Waals surface area (Å²) in [6.45, 7) is 1.98. The molecule has 36 heavy (non-hydrogen) atoms. The Hall–Kier alpha value is -4.32. The quantitative estimate of drug-likeness (QED) is 0.326. The fourth-order valence-corrected chi connectivity index (χ4v) is 4.85. The number of aromatic carboxylic acids is 1. The molecule has 0 fully saturated rings. The van der Waals surface area contributed by atoms with Crippen molar-refractivity contribution in [2.45, 2.75) is 24.7 Å². The SMILES string of the molecule is CCCc1ccc(S(=O)(=O)Nc2c(-n3ccc4cc(C(=O)O)cnc43)cc(F)c(C(N)=O)c2F)cc1. The summed E-state index contributed by atoms with van der Waals surface area (Å²) in [6, 6.07) is 9.44. The van der Waals surface area contributed by atoms with Crippen molar-refractivity contribution in [2.75, 3.05) is 4.72 Å². The molecule has 2 aromatic heterocycles. The molecule has 4 N–H and O–H groups in total. The third-order valence-corrected chi connectivity index (χ3v) is 6.85. The number of carboxylic acids is 1. The molecule has 0 unspecified atom stereocenters. The Balaban J connectivity index is 1.89. The van der Waals surface area contributed by atoms with E-state index in [9.17, 15) is 27.5 Å². The van der Waals surface area contributed by atoms with E-state index in [0.29, 0.717) is 5.39 Å². The number of rotatable bonds is 8. The summed E-state index contributed by atoms with van der Waals surface area (Å²) in [4.78, 5) is 26.8. The summed E-state index contributed by atoms with van der Waals surface area (Å²) in [6.07, 6.45) is 3.98. The molecule has 0 spiro atoms. The molecule has 0 radical (unpaired) electrons. The van der Waals surface area contributed by atoms with Gasteiger partial charge in [0.1, 0.15) is 22.7 Å². The van der Waals surface area contributed by atoms with Crippen LogP contribution >= 0.6 is 0 Å². The maximum absolute atomic E-state index is 15.4. The largest absolute Gasteiger partial charge is 0.478 e. The van der Waals surface area contributed by atoms with Crippen molar-refractivity contribution in [1.29, 1.82) is 0 Å². The van der Waals surface area contributed by atoms with Gasteiger partial charge in [-0.3, -0.25) is 14.1 Å². The van der Waals surface area contributed by atoms with E-state index >= 15 is 4.39 Å². The van der Waals surface area contributed by atoms with E-state index in [-0.39, 0.29) is 21.8 Å². The molecule has 1 amide bonds. The van der Waals surface area contributed by atoms with Gasteiger partial charge in [-0.15, -0.1) is 0 Å². The summed E-state index contributed by atoms with van der Waals surface area (Å²) in [5.41, 5.74) is 3.85. The third-order valence-electron chi connectivity index (χ3n) is 5.49. The van der Waals surface area contributed by atoms with Crippen LogP contribution in [0, 0.1) is 11.6 Å². The van der Waals surface area contributed by atoms with Gasteiger partial charge in [0.15, 0.2) is 5.82 Å². The molecule has 186 valence electrons. The molecule has 0 atom stereocenters. The maximum atomic E-state index is 15.4. The fourth-order valence-electron chi connectivity index (χ4n) is 3.77. The molecule has 2 aromatic carbocycles. The first-order valence-corrected chi connectivity index (χ1v) is 12.2. The van der Waals surface area contributed by atoms with Gasteiger partial charge in [-0.25, -0.2) is 27.0 Å². The van der Waals surface area contributed by atoms with Crippen molar-refractivity contribution in [3.63, 3.8) is 0 Å². The van der Waals surface area contributed by atoms with Crippen LogP contribution in [0.5, 0.6) is 0 Å². The van der Waals surface area contributed by atoms with Crippen LogP contribution in [0.2, 0.25) is 0 Å². The second-order valence-electron chi connectivity index (χ2n) is 7.93. The molecule has 0 saturated carbocycles. The molecule has 4 aromatic rings. The van der Waals surface area contributed by atoms with Gasteiger partial charge in [-0.1, -0.05) is 25.5 Å². The predicted molar refractivity (Wildman–Crippen MR) is 128 cm³/mol. The number of nitrogens with one attached hydrogen (secondary N) is 1. The van der Waals surface area contributed by atoms with Crippen molar-refractivity contribution in [1.82, 2.24) is 9.55 Å². The summed E-state index contributed by atoms with van der Waals surface area (Å²) in [5.74, 6) is -5.47. The second kappa shape index (κ2) is 9.38. The van der Waals surface area contributed by atoms with Crippen LogP contribution in [0.15, 0.2) is 59.8 Å². The van der Waals surface area contributed by atoms with E-state index in [1.807, 2.05) is 6.92 Å². The molecule has 12 heteroatoms. The van der Waals surface area contributed by atoms with Gasteiger partial charge in [0, 0.05) is 23.8 Å². The zero-order valence-corrected chi connectivity index (χ0v) is 19.6. The zero-order valence-electron chi connectivity index (χ0n) is 18.8. The number of fused-ring (bicyclic) bond motifs is 1. The number of nitrogens with zero attached hydrogens (tertiary/aromatic N) is 2. The van der Waals surface area contributed by atoms with Crippen LogP contribution in [0.4, 0.5) is 14.5 Å². The van der Waals surface area contributed by atoms with Crippen LogP contribution in [-0.4, -0.2) is 35.0 Å². The summed E-state index contributed by atoms with van der Waals surface area (Å²) < 4.78 is 59.7. The first-order valence-electron chi connectivity index (χ1n) is 10.7. The highest BCUT2D eigenvalue weighted by Gasteiger charge is 2.27. The van der Waals surface area contributed by atoms with Gasteiger partial charge in [0.05, 0.1) is 16.1 Å². The lowest BCUT2D eigenvalue weighted by atomic mass is 10.1. The molecule has 0 aliphatic carbocycles. The third kappa shape index (κ3) is 4.50. The molecule has 0 aliphatic heterocycles. The van der Waals surface area contributed by atoms with Gasteiger partial charge >= 0.3 is 5.97 Å². The topological polar surface area (TPSA) is 144 Å². The maximum Gasteiger partial charge on any atom is 0.337 e. The number of pyridine rings is 1. The average Bonchev–Trinajstić information content (AvgIpc) is 3.24. The number of anilines is 1. The van der Waals surface area contributed by atoms with Crippen molar-refractivity contribution < 1.29 is 31.9 Å². The van der Waals surface area contributed by atoms with Gasteiger partial charge in [0.2, 0.25) is 0 Å². The first kappa shape index (κ1) is 24.8. The molecule has 2 heterocycles. The van der Waals surface area contributed by atoms with Crippen LogP contribution in [0.25, 0.3) is 16.7 Å². The van der Waals surface area contributed by atoms with Crippen LogP contribution in [0.1, 0.15) is 39.6 Å². The number of aryl methyl sites for hydroxylation is 1. The molecule has 0 saturated heterocycles. The number of amides is 1. The van der Waals surface area contributed by atoms with E-state index in [0.717, 1.165) is 30.7 Å². The Morgan fingerprint density at radius 2 is 1.83 bits per heavy atom. The summed E-state index contributed by atoms with van der Waals surface area (Å²) in [7, 11) is -4.38. The number of carbonyl (C=O) groups is 2. The normalized spacial score (nSPS) is 11.5. The lowest BCUT2D eigenvalue weighted by Gasteiger charge is -2.17. The molecular weight excluding hydrogens is 494 g/mol. The fraction of sp³-hybridized carbons (Fsp3) is 0.125. The Labute approximate surface area is 204 Å². The van der Waals surface area contributed by atoms with E-state index in [1.165, 1.54) is 35.0 Å². The van der Waals surface area contributed by atoms with Crippen molar-refractivity contribution >= 4 is 38.6 Å². The number of aromatic nitrogens is 2. The number of hydrogen-bond acceptors (Lipinski definition) is 5. The highest BCUT2D eigenvalue weighted by molar-refractivity contribution is 7.92. The number of primary amides is 1. The predicted octanol–water partition coefficient (Wildman–Crippen LogP) is 3.85. The van der Waals surface area contributed by atoms with E-state index in [1.54, 1.807) is 12.1 Å². The standard InChI is InChI=1S/C24H20F2N4O5S/c1-2-3-13-4-6-16(7-5-13)36(34,35)29-21-18(11-17(25)19(20(21)26)22(27)31)30-9-8-14-10-15(24(32)33)12-28-23(14)30/h4-12,29H,2-3H2,1H3,(H2,27,31)(H,32,33). The number of hydrogen-bond donors (Lipinski definition) is 3. The first-order chi connectivity index (χ1) is 17.0. The van der Waals surface area contributed by atoms with Crippen molar-refractivity contribution in [2.24, 2.45) is 5.73 Å². The Morgan fingerprint density at radius 1 is 1.14 bits per heavy atom. The summed E-state index contributed by atoms with van der Waals surface area (Å²) >= 11 is 0. The zero-order chi connectivity index (χ0) is 26.2. The molecule has 4 rings (SSSR count). The van der Waals surface area contributed by atoms with Gasteiger partial charge < -0.3 is 10.8 Å². The monoisotopic (exact) mass is 514 g/mol. The van der Waals surface area contributed by atoms with Crippen molar-refractivity contribution in [3.05, 3.63) is 83.2 Å². The minimum atomic E-state index is -4.38. The lowest BCUT2D eigenvalue weighted by Crippen LogP contribution is -2.21. The van der Waals surface area contributed by atoms with Gasteiger partial charge in [-0.05, 0) is 36.2 Å². The molecule has 0 aliphatic rings. The highest BCUT2D eigenvalue weighted by atomic mass is 32.2.